The van der Waals surface area contributed by atoms with Gasteiger partial charge in [-0.15, -0.1) is 0 Å². The number of benzene rings is 1. The van der Waals surface area contributed by atoms with Crippen molar-refractivity contribution in [2.75, 3.05) is 58.9 Å². The molecular formula is C19H25N3O7. The van der Waals surface area contributed by atoms with Gasteiger partial charge in [0.25, 0.3) is 0 Å². The molecule has 1 N–H and O–H groups in total. The average Bonchev–Trinajstić information content (AvgIpc) is 2.73. The van der Waals surface area contributed by atoms with E-state index < -0.39 is 11.9 Å². The normalized spacial score (nSPS) is 14.1. The molecule has 0 saturated carbocycles. The van der Waals surface area contributed by atoms with Gasteiger partial charge < -0.3 is 24.4 Å². The second-order valence-electron chi connectivity index (χ2n) is 6.25. The average molecular weight is 407 g/mol. The molecule has 10 heteroatoms. The lowest BCUT2D eigenvalue weighted by atomic mass is 10.1. The summed E-state index contributed by atoms with van der Waals surface area (Å²) in [4.78, 5) is 51.4. The number of rotatable bonds is 6. The summed E-state index contributed by atoms with van der Waals surface area (Å²) in [7, 11) is 2.47. The molecule has 10 nitrogen and oxygen atoms in total. The molecule has 1 heterocycles. The molecule has 2 rings (SSSR count). The molecule has 1 aliphatic heterocycles. The number of nitrogens with zero attached hydrogens (tertiary/aromatic N) is 2. The second kappa shape index (κ2) is 10.4. The van der Waals surface area contributed by atoms with Gasteiger partial charge in [0.05, 0.1) is 44.2 Å². The smallest absolute Gasteiger partial charge is 0.409 e. The number of hydrogen-bond acceptors (Lipinski definition) is 8. The minimum absolute atomic E-state index is 0.0692. The minimum Gasteiger partial charge on any atom is -0.465 e. The van der Waals surface area contributed by atoms with E-state index in [1.54, 1.807) is 11.8 Å². The van der Waals surface area contributed by atoms with Gasteiger partial charge in [-0.3, -0.25) is 9.69 Å². The number of nitrogens with one attached hydrogen (secondary N) is 1. The number of piperazine rings is 1. The summed E-state index contributed by atoms with van der Waals surface area (Å²) in [6, 6.07) is 4.18. The van der Waals surface area contributed by atoms with Crippen molar-refractivity contribution in [2.45, 2.75) is 6.92 Å². The van der Waals surface area contributed by atoms with Crippen LogP contribution in [-0.2, 0) is 19.0 Å². The Balaban J connectivity index is 2.02. The number of carbonyl (C=O) groups excluding carboxylic acids is 4. The zero-order valence-corrected chi connectivity index (χ0v) is 16.7. The van der Waals surface area contributed by atoms with E-state index in [1.807, 2.05) is 4.90 Å². The van der Waals surface area contributed by atoms with Gasteiger partial charge in [0.1, 0.15) is 0 Å². The third-order valence-electron chi connectivity index (χ3n) is 4.39. The predicted octanol–water partition coefficient (Wildman–Crippen LogP) is 0.972. The van der Waals surface area contributed by atoms with Crippen LogP contribution in [0.1, 0.15) is 27.6 Å². The molecule has 158 valence electrons. The van der Waals surface area contributed by atoms with E-state index in [-0.39, 0.29) is 35.4 Å². The Morgan fingerprint density at radius 2 is 1.66 bits per heavy atom. The molecular weight excluding hydrogens is 382 g/mol. The number of carbonyl (C=O) groups is 4. The molecule has 2 amide bonds. The SMILES string of the molecule is CCOC(=O)N1CCN(CC(=O)Nc2cc(C(=O)OC)ccc2C(=O)OC)CC1. The van der Waals surface area contributed by atoms with Gasteiger partial charge in [0.2, 0.25) is 5.91 Å². The maximum absolute atomic E-state index is 12.5. The van der Waals surface area contributed by atoms with Crippen LogP contribution in [0.3, 0.4) is 0 Å². The van der Waals surface area contributed by atoms with E-state index in [1.165, 1.54) is 32.4 Å². The molecule has 0 spiro atoms. The Kier molecular flexibility index (Phi) is 7.96. The lowest BCUT2D eigenvalue weighted by molar-refractivity contribution is -0.117. The van der Waals surface area contributed by atoms with Crippen molar-refractivity contribution in [1.29, 1.82) is 0 Å². The molecule has 0 radical (unpaired) electrons. The first-order chi connectivity index (χ1) is 13.9. The van der Waals surface area contributed by atoms with E-state index in [0.717, 1.165) is 0 Å². The molecule has 0 aromatic heterocycles. The topological polar surface area (TPSA) is 114 Å². The highest BCUT2D eigenvalue weighted by atomic mass is 16.6. The number of hydrogen-bond donors (Lipinski definition) is 1. The summed E-state index contributed by atoms with van der Waals surface area (Å²) >= 11 is 0. The molecule has 1 aliphatic rings. The highest BCUT2D eigenvalue weighted by molar-refractivity contribution is 6.03. The van der Waals surface area contributed by atoms with E-state index >= 15 is 0 Å². The van der Waals surface area contributed by atoms with Gasteiger partial charge in [-0.05, 0) is 25.1 Å². The lowest BCUT2D eigenvalue weighted by Crippen LogP contribution is -2.50. The first kappa shape index (κ1) is 22.2. The number of anilines is 1. The summed E-state index contributed by atoms with van der Waals surface area (Å²) in [5.74, 6) is -1.59. The third kappa shape index (κ3) is 5.92. The Hall–Kier alpha value is -3.14. The maximum atomic E-state index is 12.5. The molecule has 1 aromatic rings. The van der Waals surface area contributed by atoms with Gasteiger partial charge in [0, 0.05) is 26.2 Å². The number of methoxy groups -OCH3 is 2. The summed E-state index contributed by atoms with van der Waals surface area (Å²) in [5, 5.41) is 2.65. The standard InChI is InChI=1S/C19H25N3O7/c1-4-29-19(26)22-9-7-21(8-10-22)12-16(23)20-15-11-13(17(24)27-2)5-6-14(15)18(25)28-3/h5-6,11H,4,7-10,12H2,1-3H3,(H,20,23). The highest BCUT2D eigenvalue weighted by Gasteiger charge is 2.24. The Morgan fingerprint density at radius 1 is 1.00 bits per heavy atom. The van der Waals surface area contributed by atoms with E-state index in [0.29, 0.717) is 32.8 Å². The van der Waals surface area contributed by atoms with Crippen molar-refractivity contribution in [2.24, 2.45) is 0 Å². The molecule has 1 aromatic carbocycles. The van der Waals surface area contributed by atoms with E-state index in [4.69, 9.17) is 9.47 Å². The minimum atomic E-state index is -0.639. The van der Waals surface area contributed by atoms with Gasteiger partial charge in [-0.25, -0.2) is 14.4 Å². The zero-order chi connectivity index (χ0) is 21.4. The van der Waals surface area contributed by atoms with Crippen LogP contribution in [0.5, 0.6) is 0 Å². The van der Waals surface area contributed by atoms with Crippen molar-refractivity contribution >= 4 is 29.6 Å². The molecule has 0 aliphatic carbocycles. The third-order valence-corrected chi connectivity index (χ3v) is 4.39. The van der Waals surface area contributed by atoms with Crippen molar-refractivity contribution in [3.05, 3.63) is 29.3 Å². The molecule has 1 fully saturated rings. The zero-order valence-electron chi connectivity index (χ0n) is 16.7. The van der Waals surface area contributed by atoms with Crippen LogP contribution in [0.25, 0.3) is 0 Å². The fourth-order valence-corrected chi connectivity index (χ4v) is 2.88. The molecule has 1 saturated heterocycles. The van der Waals surface area contributed by atoms with Crippen LogP contribution in [0.2, 0.25) is 0 Å². The Morgan fingerprint density at radius 3 is 2.24 bits per heavy atom. The highest BCUT2D eigenvalue weighted by Crippen LogP contribution is 2.20. The summed E-state index contributed by atoms with van der Waals surface area (Å²) in [6.07, 6.45) is -0.362. The number of ether oxygens (including phenoxy) is 3. The van der Waals surface area contributed by atoms with Crippen LogP contribution in [-0.4, -0.2) is 87.3 Å². The van der Waals surface area contributed by atoms with Crippen LogP contribution >= 0.6 is 0 Å². The Bertz CT molecular complexity index is 773. The summed E-state index contributed by atoms with van der Waals surface area (Å²) < 4.78 is 14.4. The van der Waals surface area contributed by atoms with E-state index in [2.05, 4.69) is 10.1 Å². The molecule has 29 heavy (non-hydrogen) atoms. The number of esters is 2. The van der Waals surface area contributed by atoms with Crippen LogP contribution in [0.4, 0.5) is 10.5 Å². The monoisotopic (exact) mass is 407 g/mol. The molecule has 0 atom stereocenters. The predicted molar refractivity (Wildman–Crippen MR) is 103 cm³/mol. The van der Waals surface area contributed by atoms with Crippen molar-refractivity contribution in [1.82, 2.24) is 9.80 Å². The molecule has 0 unspecified atom stereocenters. The van der Waals surface area contributed by atoms with Crippen molar-refractivity contribution in [3.8, 4) is 0 Å². The number of amides is 2. The van der Waals surface area contributed by atoms with Gasteiger partial charge in [-0.1, -0.05) is 0 Å². The van der Waals surface area contributed by atoms with Gasteiger partial charge in [0.15, 0.2) is 0 Å². The summed E-state index contributed by atoms with van der Waals surface area (Å²) in [5.41, 5.74) is 0.481. The summed E-state index contributed by atoms with van der Waals surface area (Å²) in [6.45, 7) is 4.07. The fraction of sp³-hybridized carbons (Fsp3) is 0.474. The van der Waals surface area contributed by atoms with Crippen LogP contribution < -0.4 is 5.32 Å². The second-order valence-corrected chi connectivity index (χ2v) is 6.25. The van der Waals surface area contributed by atoms with Gasteiger partial charge in [-0.2, -0.15) is 0 Å². The maximum Gasteiger partial charge on any atom is 0.409 e. The first-order valence-corrected chi connectivity index (χ1v) is 9.14. The van der Waals surface area contributed by atoms with Crippen molar-refractivity contribution in [3.63, 3.8) is 0 Å². The van der Waals surface area contributed by atoms with Crippen LogP contribution in [0, 0.1) is 0 Å². The molecule has 0 bridgehead atoms. The largest absolute Gasteiger partial charge is 0.465 e. The Labute approximate surface area is 168 Å². The van der Waals surface area contributed by atoms with E-state index in [9.17, 15) is 19.2 Å². The first-order valence-electron chi connectivity index (χ1n) is 9.14. The van der Waals surface area contributed by atoms with Gasteiger partial charge >= 0.3 is 18.0 Å². The lowest BCUT2D eigenvalue weighted by Gasteiger charge is -2.33. The fourth-order valence-electron chi connectivity index (χ4n) is 2.88. The van der Waals surface area contributed by atoms with Crippen LogP contribution in [0.15, 0.2) is 18.2 Å². The van der Waals surface area contributed by atoms with Crippen molar-refractivity contribution < 1.29 is 33.4 Å². The quantitative estimate of drug-likeness (QED) is 0.548.